The molecule has 0 N–H and O–H groups in total. The lowest BCUT2D eigenvalue weighted by atomic mass is 10.1. The first-order chi connectivity index (χ1) is 31.0. The van der Waals surface area contributed by atoms with E-state index in [4.69, 9.17) is 14.2 Å². The van der Waals surface area contributed by atoms with Crippen molar-refractivity contribution in [3.63, 3.8) is 0 Å². The molecule has 0 saturated heterocycles. The van der Waals surface area contributed by atoms with Crippen LogP contribution in [0, 0.1) is 0 Å². The van der Waals surface area contributed by atoms with Crippen LogP contribution in [0.25, 0.3) is 0 Å². The molecule has 63 heavy (non-hydrogen) atoms. The van der Waals surface area contributed by atoms with E-state index in [2.05, 4.69) is 57.2 Å². The molecule has 368 valence electrons. The van der Waals surface area contributed by atoms with E-state index in [-0.39, 0.29) is 50.4 Å². The van der Waals surface area contributed by atoms with Gasteiger partial charge in [-0.05, 0) is 57.8 Å². The first-order valence-electron chi connectivity index (χ1n) is 27.5. The minimum Gasteiger partial charge on any atom is -0.462 e. The van der Waals surface area contributed by atoms with Gasteiger partial charge in [0, 0.05) is 19.3 Å². The van der Waals surface area contributed by atoms with Gasteiger partial charge < -0.3 is 14.2 Å². The Hall–Kier alpha value is -2.37. The van der Waals surface area contributed by atoms with E-state index in [1.807, 2.05) is 0 Å². The summed E-state index contributed by atoms with van der Waals surface area (Å²) in [6.07, 6.45) is 61.7. The molecule has 0 rings (SSSR count). The summed E-state index contributed by atoms with van der Waals surface area (Å²) in [5.74, 6) is -1.05. The second-order valence-corrected chi connectivity index (χ2v) is 18.5. The third kappa shape index (κ3) is 50.5. The zero-order chi connectivity index (χ0) is 45.8. The van der Waals surface area contributed by atoms with Crippen LogP contribution >= 0.6 is 0 Å². The highest BCUT2D eigenvalue weighted by atomic mass is 16.6. The monoisotopic (exact) mass is 885 g/mol. The van der Waals surface area contributed by atoms with Gasteiger partial charge in [0.1, 0.15) is 13.2 Å². The maximum Gasteiger partial charge on any atom is 0.306 e. The zero-order valence-electron chi connectivity index (χ0n) is 42.1. The van der Waals surface area contributed by atoms with Crippen LogP contribution in [0.4, 0.5) is 0 Å². The van der Waals surface area contributed by atoms with Crippen molar-refractivity contribution < 1.29 is 28.6 Å². The third-order valence-electron chi connectivity index (χ3n) is 12.1. The summed E-state index contributed by atoms with van der Waals surface area (Å²) in [5, 5.41) is 0. The molecule has 6 nitrogen and oxygen atoms in total. The fraction of sp³-hybridized carbons (Fsp3) is 0.842. The number of esters is 3. The standard InChI is InChI=1S/C57H104O6/c1-4-7-10-13-16-19-22-25-28-31-34-37-40-43-46-49-55(58)61-52-54(63-57(60)51-48-45-42-39-36-33-30-27-24-21-18-15-12-9-6-3)53-62-56(59)50-47-44-41-38-35-32-29-26-23-20-17-14-11-8-5-2/h40-45,54H,4-39,46-53H2,1-3H3/b43-40-,44-41-,45-42-. The molecule has 0 aliphatic carbocycles. The highest BCUT2D eigenvalue weighted by molar-refractivity contribution is 5.71. The molecule has 0 atom stereocenters. The van der Waals surface area contributed by atoms with Crippen molar-refractivity contribution in [2.45, 2.75) is 297 Å². The number of ether oxygens (including phenoxy) is 3. The molecule has 0 fully saturated rings. The summed E-state index contributed by atoms with van der Waals surface area (Å²) in [5.41, 5.74) is 0. The Balaban J connectivity index is 4.45. The summed E-state index contributed by atoms with van der Waals surface area (Å²) in [7, 11) is 0. The van der Waals surface area contributed by atoms with Crippen molar-refractivity contribution in [2.75, 3.05) is 13.2 Å². The lowest BCUT2D eigenvalue weighted by molar-refractivity contribution is -0.166. The van der Waals surface area contributed by atoms with Crippen molar-refractivity contribution in [1.82, 2.24) is 0 Å². The Bertz CT molecular complexity index is 1010. The van der Waals surface area contributed by atoms with Gasteiger partial charge in [0.25, 0.3) is 0 Å². The Morgan fingerprint density at radius 3 is 0.794 bits per heavy atom. The molecule has 0 aromatic rings. The van der Waals surface area contributed by atoms with E-state index in [1.165, 1.54) is 212 Å². The van der Waals surface area contributed by atoms with Crippen molar-refractivity contribution in [2.24, 2.45) is 0 Å². The maximum absolute atomic E-state index is 12.8. The fourth-order valence-corrected chi connectivity index (χ4v) is 7.97. The van der Waals surface area contributed by atoms with Gasteiger partial charge in [-0.1, -0.05) is 250 Å². The van der Waals surface area contributed by atoms with E-state index in [0.717, 1.165) is 19.3 Å². The molecule has 0 bridgehead atoms. The predicted octanol–water partition coefficient (Wildman–Crippen LogP) is 18.1. The lowest BCUT2D eigenvalue weighted by Gasteiger charge is -2.18. The third-order valence-corrected chi connectivity index (χ3v) is 12.1. The largest absolute Gasteiger partial charge is 0.462 e. The average Bonchev–Trinajstić information content (AvgIpc) is 3.28. The Morgan fingerprint density at radius 2 is 0.524 bits per heavy atom. The predicted molar refractivity (Wildman–Crippen MR) is 270 cm³/mol. The number of carbonyl (C=O) groups excluding carboxylic acids is 3. The van der Waals surface area contributed by atoms with Crippen LogP contribution in [0.3, 0.4) is 0 Å². The number of allylic oxidation sites excluding steroid dienone is 6. The lowest BCUT2D eigenvalue weighted by Crippen LogP contribution is -2.30. The van der Waals surface area contributed by atoms with E-state index in [0.29, 0.717) is 19.3 Å². The summed E-state index contributed by atoms with van der Waals surface area (Å²) >= 11 is 0. The molecule has 0 aromatic carbocycles. The molecule has 0 spiro atoms. The molecular formula is C57H104O6. The van der Waals surface area contributed by atoms with E-state index in [1.54, 1.807) is 0 Å². The second-order valence-electron chi connectivity index (χ2n) is 18.5. The molecular weight excluding hydrogens is 781 g/mol. The molecule has 0 saturated carbocycles. The molecule has 0 aliphatic heterocycles. The molecule has 0 radical (unpaired) electrons. The topological polar surface area (TPSA) is 78.9 Å². The van der Waals surface area contributed by atoms with E-state index in [9.17, 15) is 14.4 Å². The quantitative estimate of drug-likeness (QED) is 0.0262. The summed E-state index contributed by atoms with van der Waals surface area (Å²) in [4.78, 5) is 37.9. The number of rotatable bonds is 50. The van der Waals surface area contributed by atoms with Gasteiger partial charge in [0.05, 0.1) is 0 Å². The van der Waals surface area contributed by atoms with Crippen molar-refractivity contribution in [3.05, 3.63) is 36.5 Å². The minimum atomic E-state index is -0.820. The zero-order valence-corrected chi connectivity index (χ0v) is 42.1. The molecule has 0 aliphatic rings. The van der Waals surface area contributed by atoms with Gasteiger partial charge in [-0.15, -0.1) is 0 Å². The van der Waals surface area contributed by atoms with Crippen LogP contribution in [0.2, 0.25) is 0 Å². The molecule has 0 heterocycles. The summed E-state index contributed by atoms with van der Waals surface area (Å²) in [6, 6.07) is 0. The number of unbranched alkanes of at least 4 members (excludes halogenated alkanes) is 33. The summed E-state index contributed by atoms with van der Waals surface area (Å²) in [6.45, 7) is 6.57. The summed E-state index contributed by atoms with van der Waals surface area (Å²) < 4.78 is 16.7. The maximum atomic E-state index is 12.8. The molecule has 0 unspecified atom stereocenters. The molecule has 6 heteroatoms. The van der Waals surface area contributed by atoms with Gasteiger partial charge in [0.2, 0.25) is 0 Å². The van der Waals surface area contributed by atoms with Gasteiger partial charge in [-0.2, -0.15) is 0 Å². The van der Waals surface area contributed by atoms with Gasteiger partial charge in [0.15, 0.2) is 6.10 Å². The van der Waals surface area contributed by atoms with E-state index >= 15 is 0 Å². The number of hydrogen-bond acceptors (Lipinski definition) is 6. The Kier molecular flexibility index (Phi) is 50.3. The van der Waals surface area contributed by atoms with Gasteiger partial charge in [-0.3, -0.25) is 14.4 Å². The van der Waals surface area contributed by atoms with Crippen LogP contribution in [0.5, 0.6) is 0 Å². The number of hydrogen-bond donors (Lipinski definition) is 0. The first-order valence-corrected chi connectivity index (χ1v) is 27.5. The first kappa shape index (κ1) is 60.6. The van der Waals surface area contributed by atoms with Crippen molar-refractivity contribution in [1.29, 1.82) is 0 Å². The molecule has 0 amide bonds. The van der Waals surface area contributed by atoms with Gasteiger partial charge >= 0.3 is 17.9 Å². The average molecular weight is 885 g/mol. The van der Waals surface area contributed by atoms with Crippen LogP contribution in [-0.4, -0.2) is 37.2 Å². The minimum absolute atomic E-state index is 0.117. The van der Waals surface area contributed by atoms with Gasteiger partial charge in [-0.25, -0.2) is 0 Å². The van der Waals surface area contributed by atoms with Crippen molar-refractivity contribution >= 4 is 17.9 Å². The highest BCUT2D eigenvalue weighted by Crippen LogP contribution is 2.15. The normalized spacial score (nSPS) is 11.8. The van der Waals surface area contributed by atoms with Crippen LogP contribution in [-0.2, 0) is 28.6 Å². The van der Waals surface area contributed by atoms with E-state index < -0.39 is 6.10 Å². The Labute approximate surface area is 391 Å². The van der Waals surface area contributed by atoms with Crippen LogP contribution < -0.4 is 0 Å². The second kappa shape index (κ2) is 52.3. The van der Waals surface area contributed by atoms with Crippen molar-refractivity contribution in [3.8, 4) is 0 Å². The fourth-order valence-electron chi connectivity index (χ4n) is 7.97. The molecule has 0 aromatic heterocycles. The van der Waals surface area contributed by atoms with Crippen LogP contribution in [0.15, 0.2) is 36.5 Å². The Morgan fingerprint density at radius 1 is 0.302 bits per heavy atom. The number of carbonyl (C=O) groups is 3. The smallest absolute Gasteiger partial charge is 0.306 e. The van der Waals surface area contributed by atoms with Crippen LogP contribution in [0.1, 0.15) is 290 Å². The SMILES string of the molecule is CCCCCCCCCCCCC/C=C\CCC(=O)OCC(COC(=O)CC/C=C\CCCCCCCCCCCCC)OC(=O)CC/C=C\CCCCCCCCCCCCC. The highest BCUT2D eigenvalue weighted by Gasteiger charge is 2.19.